The molecule has 1 fully saturated rings. The van der Waals surface area contributed by atoms with E-state index in [0.717, 1.165) is 12.3 Å². The van der Waals surface area contributed by atoms with Gasteiger partial charge in [0.25, 0.3) is 0 Å². The molecule has 2 aromatic heterocycles. The molecule has 0 unspecified atom stereocenters. The van der Waals surface area contributed by atoms with Crippen molar-refractivity contribution in [3.8, 4) is 0 Å². The van der Waals surface area contributed by atoms with Crippen LogP contribution in [-0.4, -0.2) is 41.4 Å². The molecular weight excluding hydrogens is 366 g/mol. The van der Waals surface area contributed by atoms with E-state index in [1.165, 1.54) is 0 Å². The number of anilines is 2. The van der Waals surface area contributed by atoms with E-state index in [4.69, 9.17) is 23.2 Å². The molecule has 0 aromatic carbocycles. The average molecular weight is 378 g/mol. The van der Waals surface area contributed by atoms with Crippen molar-refractivity contribution in [2.24, 2.45) is 0 Å². The molecule has 0 N–H and O–H groups in total. The Labute approximate surface area is 146 Å². The molecule has 3 heterocycles. The van der Waals surface area contributed by atoms with Gasteiger partial charge >= 0.3 is 6.18 Å². The van der Waals surface area contributed by atoms with Crippen molar-refractivity contribution in [2.45, 2.75) is 6.18 Å². The maximum absolute atomic E-state index is 12.7. The van der Waals surface area contributed by atoms with Crippen LogP contribution in [-0.2, 0) is 6.18 Å². The fourth-order valence-electron chi connectivity index (χ4n) is 2.44. The van der Waals surface area contributed by atoms with Gasteiger partial charge in [-0.1, -0.05) is 23.2 Å². The Hall–Kier alpha value is -1.80. The number of alkyl halides is 3. The summed E-state index contributed by atoms with van der Waals surface area (Å²) in [6.45, 7) is 2.36. The Kier molecular flexibility index (Phi) is 4.69. The van der Waals surface area contributed by atoms with Gasteiger partial charge in [0.2, 0.25) is 0 Å². The molecule has 1 aliphatic heterocycles. The third-order valence-corrected chi connectivity index (χ3v) is 4.15. The minimum absolute atomic E-state index is 0.00967. The van der Waals surface area contributed by atoms with Gasteiger partial charge in [0.05, 0.1) is 10.6 Å². The third kappa shape index (κ3) is 3.64. The van der Waals surface area contributed by atoms with Crippen molar-refractivity contribution in [1.82, 2.24) is 15.2 Å². The molecule has 2 aromatic rings. The van der Waals surface area contributed by atoms with Gasteiger partial charge in [0.1, 0.15) is 5.82 Å². The lowest BCUT2D eigenvalue weighted by molar-refractivity contribution is -0.137. The summed E-state index contributed by atoms with van der Waals surface area (Å²) in [7, 11) is 0. The molecule has 0 amide bonds. The van der Waals surface area contributed by atoms with E-state index in [0.29, 0.717) is 43.0 Å². The molecule has 0 atom stereocenters. The molecule has 0 bridgehead atoms. The number of rotatable bonds is 2. The maximum Gasteiger partial charge on any atom is 0.417 e. The standard InChI is InChI=1S/C14H12Cl2F3N5/c15-10-7-9(14(17,18)19)8-20-13(10)24-5-3-23(4-6-24)12-2-1-11(16)21-22-12/h1-2,7-8H,3-6H2. The Morgan fingerprint density at radius 1 is 0.958 bits per heavy atom. The molecule has 0 spiro atoms. The zero-order chi connectivity index (χ0) is 17.3. The second-order valence-corrected chi connectivity index (χ2v) is 6.01. The highest BCUT2D eigenvalue weighted by atomic mass is 35.5. The van der Waals surface area contributed by atoms with Gasteiger partial charge < -0.3 is 9.80 Å². The van der Waals surface area contributed by atoms with Crippen LogP contribution in [0.5, 0.6) is 0 Å². The summed E-state index contributed by atoms with van der Waals surface area (Å²) < 4.78 is 38.0. The van der Waals surface area contributed by atoms with Gasteiger partial charge in [0, 0.05) is 32.4 Å². The first-order valence-electron chi connectivity index (χ1n) is 7.06. The predicted molar refractivity (Wildman–Crippen MR) is 85.7 cm³/mol. The van der Waals surface area contributed by atoms with Crippen LogP contribution in [0.25, 0.3) is 0 Å². The number of hydrogen-bond acceptors (Lipinski definition) is 5. The molecule has 3 rings (SSSR count). The molecule has 5 nitrogen and oxygen atoms in total. The molecule has 10 heteroatoms. The number of halogens is 5. The number of aromatic nitrogens is 3. The highest BCUT2D eigenvalue weighted by Crippen LogP contribution is 2.33. The zero-order valence-electron chi connectivity index (χ0n) is 12.3. The summed E-state index contributed by atoms with van der Waals surface area (Å²) >= 11 is 11.7. The lowest BCUT2D eigenvalue weighted by Crippen LogP contribution is -2.47. The van der Waals surface area contributed by atoms with Crippen LogP contribution in [0.15, 0.2) is 24.4 Å². The Morgan fingerprint density at radius 2 is 1.62 bits per heavy atom. The first-order valence-corrected chi connectivity index (χ1v) is 7.82. The minimum atomic E-state index is -4.46. The second-order valence-electron chi connectivity index (χ2n) is 5.22. The SMILES string of the molecule is FC(F)(F)c1cnc(N2CCN(c3ccc(Cl)nn3)CC2)c(Cl)c1. The van der Waals surface area contributed by atoms with Crippen LogP contribution < -0.4 is 9.80 Å². The number of pyridine rings is 1. The van der Waals surface area contributed by atoms with E-state index in [9.17, 15) is 13.2 Å². The smallest absolute Gasteiger partial charge is 0.352 e. The van der Waals surface area contributed by atoms with E-state index in [1.807, 2.05) is 9.80 Å². The largest absolute Gasteiger partial charge is 0.417 e. The number of nitrogens with zero attached hydrogens (tertiary/aromatic N) is 5. The van der Waals surface area contributed by atoms with Gasteiger partial charge in [-0.25, -0.2) is 4.98 Å². The highest BCUT2D eigenvalue weighted by molar-refractivity contribution is 6.33. The molecule has 1 saturated heterocycles. The topological polar surface area (TPSA) is 45.2 Å². The van der Waals surface area contributed by atoms with E-state index < -0.39 is 11.7 Å². The molecule has 128 valence electrons. The van der Waals surface area contributed by atoms with Crippen LogP contribution in [0.1, 0.15) is 5.56 Å². The second kappa shape index (κ2) is 6.60. The monoisotopic (exact) mass is 377 g/mol. The predicted octanol–water partition coefficient (Wildman–Crippen LogP) is 3.52. The van der Waals surface area contributed by atoms with Gasteiger partial charge in [-0.3, -0.25) is 0 Å². The van der Waals surface area contributed by atoms with Crippen molar-refractivity contribution in [2.75, 3.05) is 36.0 Å². The van der Waals surface area contributed by atoms with Crippen molar-refractivity contribution < 1.29 is 13.2 Å². The minimum Gasteiger partial charge on any atom is -0.352 e. The fourth-order valence-corrected chi connectivity index (χ4v) is 2.83. The zero-order valence-corrected chi connectivity index (χ0v) is 13.8. The summed E-state index contributed by atoms with van der Waals surface area (Å²) in [5.74, 6) is 1.05. The fraction of sp³-hybridized carbons (Fsp3) is 0.357. The van der Waals surface area contributed by atoms with Crippen LogP contribution in [0, 0.1) is 0 Å². The Bertz CT molecular complexity index is 715. The summed E-state index contributed by atoms with van der Waals surface area (Å²) in [4.78, 5) is 7.75. The van der Waals surface area contributed by atoms with E-state index in [1.54, 1.807) is 12.1 Å². The van der Waals surface area contributed by atoms with Crippen LogP contribution in [0.4, 0.5) is 24.8 Å². The summed E-state index contributed by atoms with van der Waals surface area (Å²) in [6.07, 6.45) is -3.65. The van der Waals surface area contributed by atoms with Crippen molar-refractivity contribution in [3.63, 3.8) is 0 Å². The van der Waals surface area contributed by atoms with Gasteiger partial charge in [-0.05, 0) is 18.2 Å². The van der Waals surface area contributed by atoms with E-state index in [-0.39, 0.29) is 5.02 Å². The van der Waals surface area contributed by atoms with Crippen molar-refractivity contribution >= 4 is 34.8 Å². The first kappa shape index (κ1) is 17.0. The van der Waals surface area contributed by atoms with E-state index in [2.05, 4.69) is 15.2 Å². The number of piperazine rings is 1. The normalized spacial score (nSPS) is 15.7. The average Bonchev–Trinajstić information content (AvgIpc) is 2.55. The summed E-state index contributed by atoms with van der Waals surface area (Å²) in [6, 6.07) is 4.33. The lowest BCUT2D eigenvalue weighted by Gasteiger charge is -2.36. The van der Waals surface area contributed by atoms with Crippen molar-refractivity contribution in [3.05, 3.63) is 40.1 Å². The van der Waals surface area contributed by atoms with Crippen LogP contribution >= 0.6 is 23.2 Å². The van der Waals surface area contributed by atoms with Crippen molar-refractivity contribution in [1.29, 1.82) is 0 Å². The summed E-state index contributed by atoms with van der Waals surface area (Å²) in [5.41, 5.74) is -0.855. The van der Waals surface area contributed by atoms with Gasteiger partial charge in [-0.2, -0.15) is 13.2 Å². The van der Waals surface area contributed by atoms with Gasteiger partial charge in [0.15, 0.2) is 11.0 Å². The summed E-state index contributed by atoms with van der Waals surface area (Å²) in [5, 5.41) is 8.12. The highest BCUT2D eigenvalue weighted by Gasteiger charge is 2.32. The molecule has 0 radical (unpaired) electrons. The molecular formula is C14H12Cl2F3N5. The van der Waals surface area contributed by atoms with Gasteiger partial charge in [-0.15, -0.1) is 10.2 Å². The maximum atomic E-state index is 12.7. The van der Waals surface area contributed by atoms with Crippen LogP contribution in [0.2, 0.25) is 10.2 Å². The number of hydrogen-bond donors (Lipinski definition) is 0. The first-order chi connectivity index (χ1) is 11.3. The molecule has 0 aliphatic carbocycles. The molecule has 24 heavy (non-hydrogen) atoms. The molecule has 0 saturated carbocycles. The lowest BCUT2D eigenvalue weighted by atomic mass is 10.2. The Balaban J connectivity index is 1.69. The Morgan fingerprint density at radius 3 is 2.17 bits per heavy atom. The quantitative estimate of drug-likeness (QED) is 0.800. The molecule has 1 aliphatic rings. The van der Waals surface area contributed by atoms with E-state index >= 15 is 0 Å². The van der Waals surface area contributed by atoms with Crippen LogP contribution in [0.3, 0.4) is 0 Å². The third-order valence-electron chi connectivity index (χ3n) is 3.67.